The monoisotopic (exact) mass is 843 g/mol. The molecule has 7 aliphatic rings. The maximum atomic E-state index is 2.60. The summed E-state index contributed by atoms with van der Waals surface area (Å²) in [4.78, 5) is 2.60. The lowest BCUT2D eigenvalue weighted by Crippen LogP contribution is -2.55. The zero-order valence-corrected chi connectivity index (χ0v) is 37.0. The third-order valence-corrected chi connectivity index (χ3v) is 17.5. The predicted octanol–water partition coefficient (Wildman–Crippen LogP) is 16.6. The van der Waals surface area contributed by atoms with Crippen molar-refractivity contribution in [3.8, 4) is 55.6 Å². The van der Waals surface area contributed by atoms with E-state index in [1.807, 2.05) is 0 Å². The van der Waals surface area contributed by atoms with Crippen molar-refractivity contribution in [3.05, 3.63) is 246 Å². The lowest BCUT2D eigenvalue weighted by molar-refractivity contribution is -0.0399. The molecule has 0 N–H and O–H groups in total. The maximum absolute atomic E-state index is 2.60. The van der Waals surface area contributed by atoms with E-state index < -0.39 is 5.41 Å². The van der Waals surface area contributed by atoms with E-state index in [9.17, 15) is 0 Å². The van der Waals surface area contributed by atoms with Crippen LogP contribution in [0.5, 0.6) is 0 Å². The molecule has 0 amide bonds. The molecule has 0 aliphatic heterocycles. The Kier molecular flexibility index (Phi) is 7.67. The molecule has 7 aliphatic carbocycles. The first kappa shape index (κ1) is 37.0. The van der Waals surface area contributed by atoms with Crippen LogP contribution in [0.25, 0.3) is 55.6 Å². The van der Waals surface area contributed by atoms with E-state index in [-0.39, 0.29) is 5.41 Å². The average molecular weight is 844 g/mol. The lowest BCUT2D eigenvalue weighted by atomic mass is 9.43. The highest BCUT2D eigenvalue weighted by Crippen LogP contribution is 2.71. The van der Waals surface area contributed by atoms with Crippen molar-refractivity contribution in [2.45, 2.75) is 42.9 Å². The highest BCUT2D eigenvalue weighted by atomic mass is 15.1. The van der Waals surface area contributed by atoms with Gasteiger partial charge in [0.1, 0.15) is 0 Å². The standard InChI is InChI=1S/C65H49N/c1-3-16-43(17-4-1)44-32-34-48(35-33-44)66(60-31-15-29-58-62(60)54-25-13-24-52-49-20-7-10-26-55(49)65(58,63(52)54)45-18-5-2-6-19-45)59-30-12-9-21-50(59)51-23-14-28-57-61(51)53-22-8-11-27-56(53)64(57)46-37-41-36-42(39-46)40-47(64)38-41/h1-35,41-42,46-47H,36-40H2. The highest BCUT2D eigenvalue weighted by Gasteiger charge is 2.62. The lowest BCUT2D eigenvalue weighted by Gasteiger charge is -2.61. The van der Waals surface area contributed by atoms with Gasteiger partial charge in [0.05, 0.1) is 16.8 Å². The van der Waals surface area contributed by atoms with Crippen LogP contribution < -0.4 is 4.90 Å². The third-order valence-electron chi connectivity index (χ3n) is 17.5. The Morgan fingerprint density at radius 2 is 0.864 bits per heavy atom. The molecule has 16 rings (SSSR count). The molecule has 9 aromatic rings. The van der Waals surface area contributed by atoms with Crippen LogP contribution in [0.2, 0.25) is 0 Å². The Morgan fingerprint density at radius 1 is 0.333 bits per heavy atom. The van der Waals surface area contributed by atoms with Gasteiger partial charge < -0.3 is 4.90 Å². The van der Waals surface area contributed by atoms with Crippen molar-refractivity contribution in [2.24, 2.45) is 23.7 Å². The van der Waals surface area contributed by atoms with Crippen LogP contribution in [0, 0.1) is 23.7 Å². The Balaban J connectivity index is 0.992. The Labute approximate surface area is 388 Å². The molecule has 1 nitrogen and oxygen atoms in total. The molecule has 4 saturated carbocycles. The van der Waals surface area contributed by atoms with E-state index in [1.165, 1.54) is 121 Å². The first-order valence-electron chi connectivity index (χ1n) is 24.4. The summed E-state index contributed by atoms with van der Waals surface area (Å²) in [5.74, 6) is 3.24. The zero-order chi connectivity index (χ0) is 43.1. The fourth-order valence-corrected chi connectivity index (χ4v) is 15.5. The Hall–Kier alpha value is -7.22. The van der Waals surface area contributed by atoms with Gasteiger partial charge in [-0.3, -0.25) is 0 Å². The van der Waals surface area contributed by atoms with Crippen LogP contribution >= 0.6 is 0 Å². The van der Waals surface area contributed by atoms with E-state index in [1.54, 1.807) is 11.1 Å². The van der Waals surface area contributed by atoms with Gasteiger partial charge >= 0.3 is 0 Å². The minimum Gasteiger partial charge on any atom is -0.309 e. The normalized spacial score (nSPS) is 23.9. The van der Waals surface area contributed by atoms with E-state index in [4.69, 9.17) is 0 Å². The third kappa shape index (κ3) is 4.70. The summed E-state index contributed by atoms with van der Waals surface area (Å²) in [5, 5.41) is 0. The summed E-state index contributed by atoms with van der Waals surface area (Å²) in [6, 6.07) is 81.0. The largest absolute Gasteiger partial charge is 0.309 e. The minimum absolute atomic E-state index is 0.101. The van der Waals surface area contributed by atoms with Crippen molar-refractivity contribution < 1.29 is 0 Å². The second-order valence-electron chi connectivity index (χ2n) is 20.3. The van der Waals surface area contributed by atoms with Gasteiger partial charge in [-0.2, -0.15) is 0 Å². The van der Waals surface area contributed by atoms with Gasteiger partial charge in [-0.15, -0.1) is 0 Å². The second kappa shape index (κ2) is 13.7. The summed E-state index contributed by atoms with van der Waals surface area (Å²) in [7, 11) is 0. The molecule has 9 aromatic carbocycles. The van der Waals surface area contributed by atoms with Crippen molar-refractivity contribution in [3.63, 3.8) is 0 Å². The maximum Gasteiger partial charge on any atom is 0.0726 e. The van der Waals surface area contributed by atoms with Crippen molar-refractivity contribution in [2.75, 3.05) is 4.90 Å². The molecule has 0 heterocycles. The van der Waals surface area contributed by atoms with Gasteiger partial charge in [-0.05, 0) is 158 Å². The number of anilines is 3. The fraction of sp³-hybridized carbons (Fsp3) is 0.169. The average Bonchev–Trinajstić information content (AvgIpc) is 3.98. The predicted molar refractivity (Wildman–Crippen MR) is 272 cm³/mol. The summed E-state index contributed by atoms with van der Waals surface area (Å²) in [6.45, 7) is 0. The Bertz CT molecular complexity index is 3410. The van der Waals surface area contributed by atoms with Crippen LogP contribution in [-0.4, -0.2) is 0 Å². The van der Waals surface area contributed by atoms with Gasteiger partial charge in [-0.1, -0.05) is 188 Å². The highest BCUT2D eigenvalue weighted by molar-refractivity contribution is 6.06. The van der Waals surface area contributed by atoms with E-state index in [2.05, 4.69) is 217 Å². The van der Waals surface area contributed by atoms with Gasteiger partial charge in [0.2, 0.25) is 0 Å². The smallest absolute Gasteiger partial charge is 0.0726 e. The molecular formula is C65H49N. The molecular weight excluding hydrogens is 795 g/mol. The number of hydrogen-bond acceptors (Lipinski definition) is 1. The summed E-state index contributed by atoms with van der Waals surface area (Å²) >= 11 is 0. The van der Waals surface area contributed by atoms with Gasteiger partial charge in [0.15, 0.2) is 0 Å². The summed E-state index contributed by atoms with van der Waals surface area (Å²) in [6.07, 6.45) is 6.98. The van der Waals surface area contributed by atoms with Crippen molar-refractivity contribution in [1.82, 2.24) is 0 Å². The van der Waals surface area contributed by atoms with Crippen LogP contribution in [0.4, 0.5) is 17.1 Å². The van der Waals surface area contributed by atoms with Crippen LogP contribution in [0.3, 0.4) is 0 Å². The molecule has 4 fully saturated rings. The number of rotatable bonds is 6. The van der Waals surface area contributed by atoms with Crippen molar-refractivity contribution >= 4 is 17.1 Å². The van der Waals surface area contributed by atoms with Crippen LogP contribution in [-0.2, 0) is 10.8 Å². The molecule has 0 radical (unpaired) electrons. The number of fused-ring (bicyclic) bond motifs is 9. The summed E-state index contributed by atoms with van der Waals surface area (Å²) in [5.41, 5.74) is 25.1. The number of hydrogen-bond donors (Lipinski definition) is 0. The molecule has 0 aromatic heterocycles. The SMILES string of the molecule is c1ccc(-c2ccc(N(c3ccccc3-c3cccc4c3-c3ccccc3C43C4CC5CC(C4)CC3C5)c3cccc4c3-c3cccc5c3C4(c3ccccc3)c3ccccc3-5)cc2)cc1. The van der Waals surface area contributed by atoms with E-state index in [0.29, 0.717) is 11.8 Å². The molecule has 4 bridgehead atoms. The first-order chi connectivity index (χ1) is 32.7. The van der Waals surface area contributed by atoms with Crippen LogP contribution in [0.15, 0.2) is 212 Å². The minimum atomic E-state index is -0.436. The molecule has 0 saturated heterocycles. The number of nitrogens with zero attached hydrogens (tertiary/aromatic N) is 1. The van der Waals surface area contributed by atoms with Crippen molar-refractivity contribution in [1.29, 1.82) is 0 Å². The number of benzene rings is 9. The quantitative estimate of drug-likeness (QED) is 0.161. The Morgan fingerprint density at radius 3 is 1.64 bits per heavy atom. The van der Waals surface area contributed by atoms with Gasteiger partial charge in [0, 0.05) is 22.2 Å². The van der Waals surface area contributed by atoms with E-state index in [0.717, 1.165) is 17.5 Å². The molecule has 314 valence electrons. The first-order valence-corrected chi connectivity index (χ1v) is 24.4. The molecule has 1 spiro atoms. The fourth-order valence-electron chi connectivity index (χ4n) is 15.5. The van der Waals surface area contributed by atoms with Gasteiger partial charge in [0.25, 0.3) is 0 Å². The molecule has 1 heteroatoms. The van der Waals surface area contributed by atoms with Crippen LogP contribution in [0.1, 0.15) is 65.5 Å². The zero-order valence-electron chi connectivity index (χ0n) is 37.0. The topological polar surface area (TPSA) is 3.24 Å². The second-order valence-corrected chi connectivity index (χ2v) is 20.3. The molecule has 1 atom stereocenters. The summed E-state index contributed by atoms with van der Waals surface area (Å²) < 4.78 is 0. The molecule has 1 unspecified atom stereocenters. The van der Waals surface area contributed by atoms with Gasteiger partial charge in [-0.25, -0.2) is 0 Å². The molecule has 66 heavy (non-hydrogen) atoms. The number of para-hydroxylation sites is 1. The van der Waals surface area contributed by atoms with E-state index >= 15 is 0 Å².